The molecule has 1 aliphatic carbocycles. The Morgan fingerprint density at radius 2 is 2.39 bits per heavy atom. The minimum absolute atomic E-state index is 0.624. The van der Waals surface area contributed by atoms with Crippen LogP contribution in [0.2, 0.25) is 0 Å². The van der Waals surface area contributed by atoms with Crippen LogP contribution in [0, 0.1) is 11.8 Å². The first-order valence-electron chi connectivity index (χ1n) is 6.67. The van der Waals surface area contributed by atoms with Crippen molar-refractivity contribution in [2.45, 2.75) is 12.8 Å². The van der Waals surface area contributed by atoms with E-state index in [1.54, 1.807) is 0 Å². The standard InChI is InChI=1S/C15H16N2O/c1-2-14-13(17-6-1)8-15(18-14)11-4-3-10-5-7-16-9-12(10)11/h1-2,4,6,8,10,12,16H,3,5,7,9H2/t10-,12+/m1/s1. The van der Waals surface area contributed by atoms with Gasteiger partial charge in [-0.15, -0.1) is 0 Å². The molecule has 2 aromatic heterocycles. The van der Waals surface area contributed by atoms with E-state index in [0.29, 0.717) is 5.92 Å². The van der Waals surface area contributed by atoms with Gasteiger partial charge in [-0.1, -0.05) is 6.08 Å². The molecule has 0 aromatic carbocycles. The van der Waals surface area contributed by atoms with Gasteiger partial charge in [0, 0.05) is 24.7 Å². The average molecular weight is 240 g/mol. The van der Waals surface area contributed by atoms with Crippen molar-refractivity contribution in [3.05, 3.63) is 36.2 Å². The van der Waals surface area contributed by atoms with Gasteiger partial charge in [-0.05, 0) is 43.0 Å². The number of nitrogens with zero attached hydrogens (tertiary/aromatic N) is 1. The van der Waals surface area contributed by atoms with Gasteiger partial charge < -0.3 is 9.73 Å². The average Bonchev–Trinajstić information content (AvgIpc) is 3.02. The lowest BCUT2D eigenvalue weighted by molar-refractivity contribution is 0.326. The minimum atomic E-state index is 0.624. The summed E-state index contributed by atoms with van der Waals surface area (Å²) in [6.07, 6.45) is 6.66. The van der Waals surface area contributed by atoms with Crippen LogP contribution in [-0.4, -0.2) is 18.1 Å². The van der Waals surface area contributed by atoms with Gasteiger partial charge in [-0.25, -0.2) is 0 Å². The molecule has 1 N–H and O–H groups in total. The maximum absolute atomic E-state index is 5.94. The molecular weight excluding hydrogens is 224 g/mol. The predicted molar refractivity (Wildman–Crippen MR) is 71.1 cm³/mol. The van der Waals surface area contributed by atoms with Crippen LogP contribution in [0.5, 0.6) is 0 Å². The molecule has 18 heavy (non-hydrogen) atoms. The van der Waals surface area contributed by atoms with Gasteiger partial charge >= 0.3 is 0 Å². The van der Waals surface area contributed by atoms with Crippen LogP contribution in [0.15, 0.2) is 34.9 Å². The SMILES string of the molecule is C1=C(c2cc3ncccc3o2)[C@H]2CNCC[C@H]2C1. The molecule has 3 heteroatoms. The van der Waals surface area contributed by atoms with Crippen LogP contribution < -0.4 is 5.32 Å². The molecule has 2 atom stereocenters. The van der Waals surface area contributed by atoms with E-state index in [4.69, 9.17) is 4.42 Å². The molecular formula is C15H16N2O. The van der Waals surface area contributed by atoms with Crippen molar-refractivity contribution in [1.82, 2.24) is 10.3 Å². The summed E-state index contributed by atoms with van der Waals surface area (Å²) in [7, 11) is 0. The largest absolute Gasteiger partial charge is 0.455 e. The summed E-state index contributed by atoms with van der Waals surface area (Å²) in [6.45, 7) is 2.24. The molecule has 4 rings (SSSR count). The number of nitrogens with one attached hydrogen (secondary N) is 1. The Morgan fingerprint density at radius 1 is 1.39 bits per heavy atom. The first kappa shape index (κ1) is 10.3. The molecule has 0 radical (unpaired) electrons. The molecule has 0 bridgehead atoms. The van der Waals surface area contributed by atoms with Crippen LogP contribution >= 0.6 is 0 Å². The molecule has 3 heterocycles. The van der Waals surface area contributed by atoms with Gasteiger partial charge in [-0.3, -0.25) is 4.98 Å². The molecule has 0 amide bonds. The monoisotopic (exact) mass is 240 g/mol. The van der Waals surface area contributed by atoms with E-state index in [9.17, 15) is 0 Å². The molecule has 2 aliphatic rings. The number of hydrogen-bond acceptors (Lipinski definition) is 3. The zero-order valence-corrected chi connectivity index (χ0v) is 10.2. The minimum Gasteiger partial charge on any atom is -0.455 e. The third-order valence-corrected chi connectivity index (χ3v) is 4.24. The maximum atomic E-state index is 5.94. The fourth-order valence-corrected chi connectivity index (χ4v) is 3.28. The predicted octanol–water partition coefficient (Wildman–Crippen LogP) is 2.84. The zero-order chi connectivity index (χ0) is 11.9. The van der Waals surface area contributed by atoms with E-state index in [0.717, 1.165) is 35.9 Å². The fraction of sp³-hybridized carbons (Fsp3) is 0.400. The third-order valence-electron chi connectivity index (χ3n) is 4.24. The fourth-order valence-electron chi connectivity index (χ4n) is 3.28. The Balaban J connectivity index is 1.74. The van der Waals surface area contributed by atoms with Crippen LogP contribution in [0.1, 0.15) is 18.6 Å². The summed E-state index contributed by atoms with van der Waals surface area (Å²) in [6, 6.07) is 5.99. The van der Waals surface area contributed by atoms with Crippen molar-refractivity contribution < 1.29 is 4.42 Å². The number of hydrogen-bond donors (Lipinski definition) is 1. The first-order chi connectivity index (χ1) is 8.92. The van der Waals surface area contributed by atoms with Crippen LogP contribution in [-0.2, 0) is 0 Å². The molecule has 1 aliphatic heterocycles. The first-order valence-corrected chi connectivity index (χ1v) is 6.67. The van der Waals surface area contributed by atoms with Crippen LogP contribution in [0.4, 0.5) is 0 Å². The van der Waals surface area contributed by atoms with E-state index >= 15 is 0 Å². The molecule has 1 fully saturated rings. The molecule has 0 saturated carbocycles. The molecule has 3 nitrogen and oxygen atoms in total. The lowest BCUT2D eigenvalue weighted by Crippen LogP contribution is -2.34. The van der Waals surface area contributed by atoms with Crippen molar-refractivity contribution in [2.24, 2.45) is 11.8 Å². The van der Waals surface area contributed by atoms with Crippen molar-refractivity contribution >= 4 is 16.7 Å². The Kier molecular flexibility index (Phi) is 2.27. The summed E-state index contributed by atoms with van der Waals surface area (Å²) in [5, 5.41) is 3.49. The number of aromatic nitrogens is 1. The number of piperidine rings is 1. The van der Waals surface area contributed by atoms with Crippen molar-refractivity contribution in [3.63, 3.8) is 0 Å². The Hall–Kier alpha value is -1.61. The third kappa shape index (κ3) is 1.51. The van der Waals surface area contributed by atoms with Crippen molar-refractivity contribution in [2.75, 3.05) is 13.1 Å². The second-order valence-corrected chi connectivity index (χ2v) is 5.25. The summed E-state index contributed by atoms with van der Waals surface area (Å²) < 4.78 is 5.94. The quantitative estimate of drug-likeness (QED) is 0.833. The van der Waals surface area contributed by atoms with E-state index in [2.05, 4.69) is 22.4 Å². The van der Waals surface area contributed by atoms with E-state index in [-0.39, 0.29) is 0 Å². The van der Waals surface area contributed by atoms with E-state index < -0.39 is 0 Å². The second kappa shape index (κ2) is 3.95. The van der Waals surface area contributed by atoms with E-state index in [1.807, 2.05) is 18.3 Å². The molecule has 0 spiro atoms. The zero-order valence-electron chi connectivity index (χ0n) is 10.2. The van der Waals surface area contributed by atoms with Crippen LogP contribution in [0.3, 0.4) is 0 Å². The maximum Gasteiger partial charge on any atom is 0.153 e. The highest BCUT2D eigenvalue weighted by atomic mass is 16.3. The normalized spacial score (nSPS) is 27.2. The summed E-state index contributed by atoms with van der Waals surface area (Å²) >= 11 is 0. The summed E-state index contributed by atoms with van der Waals surface area (Å²) in [5.41, 5.74) is 3.23. The van der Waals surface area contributed by atoms with Gasteiger partial charge in [-0.2, -0.15) is 0 Å². The highest BCUT2D eigenvalue weighted by Gasteiger charge is 2.33. The molecule has 1 saturated heterocycles. The van der Waals surface area contributed by atoms with Crippen molar-refractivity contribution in [3.8, 4) is 0 Å². The van der Waals surface area contributed by atoms with Gasteiger partial charge in [0.1, 0.15) is 11.3 Å². The number of pyridine rings is 1. The smallest absolute Gasteiger partial charge is 0.153 e. The second-order valence-electron chi connectivity index (χ2n) is 5.25. The summed E-state index contributed by atoms with van der Waals surface area (Å²) in [4.78, 5) is 4.34. The lowest BCUT2D eigenvalue weighted by atomic mass is 9.85. The van der Waals surface area contributed by atoms with Crippen LogP contribution in [0.25, 0.3) is 16.7 Å². The van der Waals surface area contributed by atoms with Crippen molar-refractivity contribution in [1.29, 1.82) is 0 Å². The number of allylic oxidation sites excluding steroid dienone is 1. The van der Waals surface area contributed by atoms with E-state index in [1.165, 1.54) is 18.4 Å². The molecule has 0 unspecified atom stereocenters. The number of fused-ring (bicyclic) bond motifs is 2. The van der Waals surface area contributed by atoms with Gasteiger partial charge in [0.2, 0.25) is 0 Å². The molecule has 92 valence electrons. The molecule has 2 aromatic rings. The Labute approximate surface area is 106 Å². The van der Waals surface area contributed by atoms with Gasteiger partial charge in [0.15, 0.2) is 5.58 Å². The topological polar surface area (TPSA) is 38.1 Å². The number of furan rings is 1. The Morgan fingerprint density at radius 3 is 3.33 bits per heavy atom. The lowest BCUT2D eigenvalue weighted by Gasteiger charge is -2.27. The van der Waals surface area contributed by atoms with Gasteiger partial charge in [0.25, 0.3) is 0 Å². The highest BCUT2D eigenvalue weighted by molar-refractivity contribution is 5.79. The summed E-state index contributed by atoms with van der Waals surface area (Å²) in [5.74, 6) is 2.45. The van der Waals surface area contributed by atoms with Gasteiger partial charge in [0.05, 0.1) is 0 Å². The Bertz CT molecular complexity index is 581. The highest BCUT2D eigenvalue weighted by Crippen LogP contribution is 2.42. The number of rotatable bonds is 1.